The van der Waals surface area contributed by atoms with Crippen LogP contribution in [0.25, 0.3) is 0 Å². The zero-order valence-electron chi connectivity index (χ0n) is 11.1. The Morgan fingerprint density at radius 1 is 1.11 bits per heavy atom. The Hall–Kier alpha value is -1.22. The quantitative estimate of drug-likeness (QED) is 0.688. The van der Waals surface area contributed by atoms with Crippen LogP contribution in [0.2, 0.25) is 0 Å². The molecule has 0 aromatic heterocycles. The molecule has 0 aromatic rings. The van der Waals surface area contributed by atoms with Gasteiger partial charge in [0.15, 0.2) is 0 Å². The zero-order valence-corrected chi connectivity index (χ0v) is 12.1. The van der Waals surface area contributed by atoms with Crippen LogP contribution >= 0.6 is 0 Å². The molecule has 0 spiro atoms. The van der Waals surface area contributed by atoms with Gasteiger partial charge in [-0.25, -0.2) is 0 Å². The summed E-state index contributed by atoms with van der Waals surface area (Å²) in [5.74, 6) is -4.17. The van der Waals surface area contributed by atoms with E-state index in [4.69, 9.17) is 23.5 Å². The van der Waals surface area contributed by atoms with Gasteiger partial charge in [0.25, 0.3) is 0 Å². The summed E-state index contributed by atoms with van der Waals surface area (Å²) in [5, 5.41) is 18.8. The van der Waals surface area contributed by atoms with E-state index in [1.807, 2.05) is 0 Å². The highest BCUT2D eigenvalue weighted by molar-refractivity contribution is 6.68. The maximum atomic E-state index is 11.2. The van der Waals surface area contributed by atoms with Crippen molar-refractivity contribution in [2.75, 3.05) is 21.3 Å². The molecule has 0 amide bonds. The molecule has 0 aliphatic heterocycles. The SMILES string of the molecule is CO[Si](OC)(OC)C1=CCC(C(=O)O)C(C(=O)O)C1. The summed E-state index contributed by atoms with van der Waals surface area (Å²) >= 11 is 0. The Balaban J connectivity index is 3.07. The first kappa shape index (κ1) is 15.8. The third-order valence-electron chi connectivity index (χ3n) is 3.38. The fourth-order valence-corrected chi connectivity index (χ4v) is 4.45. The minimum absolute atomic E-state index is 0.0635. The standard InChI is InChI=1S/C11H18O7Si/c1-16-19(17-2,18-3)7-4-5-8(10(12)13)9(6-7)11(14)15/h4,8-9H,5-6H2,1-3H3,(H,12,13)(H,14,15). The van der Waals surface area contributed by atoms with Gasteiger partial charge in [0.2, 0.25) is 0 Å². The monoisotopic (exact) mass is 290 g/mol. The largest absolute Gasteiger partial charge is 0.531 e. The van der Waals surface area contributed by atoms with Gasteiger partial charge in [0.1, 0.15) is 0 Å². The van der Waals surface area contributed by atoms with E-state index in [2.05, 4.69) is 0 Å². The summed E-state index contributed by atoms with van der Waals surface area (Å²) in [6.07, 6.45) is 1.86. The molecule has 7 nitrogen and oxygen atoms in total. The average molecular weight is 290 g/mol. The second-order valence-corrected chi connectivity index (χ2v) is 7.21. The number of aliphatic carboxylic acids is 2. The fraction of sp³-hybridized carbons (Fsp3) is 0.636. The van der Waals surface area contributed by atoms with Crippen molar-refractivity contribution in [3.8, 4) is 0 Å². The second-order valence-electron chi connectivity index (χ2n) is 4.23. The maximum absolute atomic E-state index is 11.2. The smallest absolute Gasteiger partial charge is 0.481 e. The van der Waals surface area contributed by atoms with Crippen molar-refractivity contribution in [3.05, 3.63) is 11.3 Å². The summed E-state index contributed by atoms with van der Waals surface area (Å²) < 4.78 is 15.9. The predicted octanol–water partition coefficient (Wildman–Crippen LogP) is 0.525. The van der Waals surface area contributed by atoms with Crippen molar-refractivity contribution in [2.45, 2.75) is 12.8 Å². The van der Waals surface area contributed by atoms with Crippen molar-refractivity contribution in [2.24, 2.45) is 11.8 Å². The van der Waals surface area contributed by atoms with Crippen molar-refractivity contribution >= 4 is 20.7 Å². The molecule has 2 atom stereocenters. The van der Waals surface area contributed by atoms with E-state index in [-0.39, 0.29) is 12.8 Å². The molecule has 0 heterocycles. The lowest BCUT2D eigenvalue weighted by atomic mass is 9.83. The van der Waals surface area contributed by atoms with Crippen molar-refractivity contribution in [1.82, 2.24) is 0 Å². The van der Waals surface area contributed by atoms with E-state index in [1.54, 1.807) is 6.08 Å². The van der Waals surface area contributed by atoms with Gasteiger partial charge in [-0.1, -0.05) is 6.08 Å². The summed E-state index contributed by atoms with van der Waals surface area (Å²) in [4.78, 5) is 22.3. The normalized spacial score (nSPS) is 23.8. The molecular weight excluding hydrogens is 272 g/mol. The highest BCUT2D eigenvalue weighted by Crippen LogP contribution is 2.35. The molecular formula is C11H18O7Si. The summed E-state index contributed by atoms with van der Waals surface area (Å²) in [6.45, 7) is 0. The highest BCUT2D eigenvalue weighted by Gasteiger charge is 2.48. The number of carboxylic acid groups (broad SMARTS) is 2. The summed E-state index contributed by atoms with van der Waals surface area (Å²) in [6, 6.07) is 0. The lowest BCUT2D eigenvalue weighted by Gasteiger charge is -2.32. The number of carbonyl (C=O) groups is 2. The molecule has 0 bridgehead atoms. The van der Waals surface area contributed by atoms with Gasteiger partial charge in [-0.15, -0.1) is 0 Å². The maximum Gasteiger partial charge on any atom is 0.531 e. The van der Waals surface area contributed by atoms with Crippen LogP contribution in [0, 0.1) is 11.8 Å². The van der Waals surface area contributed by atoms with Gasteiger partial charge in [0, 0.05) is 21.3 Å². The van der Waals surface area contributed by atoms with E-state index in [1.165, 1.54) is 21.3 Å². The van der Waals surface area contributed by atoms with E-state index >= 15 is 0 Å². The average Bonchev–Trinajstić information content (AvgIpc) is 2.41. The molecule has 2 unspecified atom stereocenters. The molecule has 0 aromatic carbocycles. The minimum atomic E-state index is -3.06. The number of hydrogen-bond acceptors (Lipinski definition) is 5. The predicted molar refractivity (Wildman–Crippen MR) is 66.3 cm³/mol. The minimum Gasteiger partial charge on any atom is -0.481 e. The zero-order chi connectivity index (χ0) is 14.6. The van der Waals surface area contributed by atoms with E-state index in [0.29, 0.717) is 5.20 Å². The van der Waals surface area contributed by atoms with Gasteiger partial charge in [-0.3, -0.25) is 9.59 Å². The molecule has 1 aliphatic rings. The Morgan fingerprint density at radius 3 is 1.95 bits per heavy atom. The molecule has 2 N–H and O–H groups in total. The van der Waals surface area contributed by atoms with Crippen LogP contribution < -0.4 is 0 Å². The number of carboxylic acids is 2. The molecule has 1 aliphatic carbocycles. The number of rotatable bonds is 6. The molecule has 0 fully saturated rings. The first-order valence-electron chi connectivity index (χ1n) is 5.72. The van der Waals surface area contributed by atoms with Crippen molar-refractivity contribution in [1.29, 1.82) is 0 Å². The lowest BCUT2D eigenvalue weighted by molar-refractivity contribution is -0.153. The Labute approximate surface area is 112 Å². The molecule has 1 rings (SSSR count). The van der Waals surface area contributed by atoms with Crippen molar-refractivity contribution in [3.63, 3.8) is 0 Å². The van der Waals surface area contributed by atoms with Crippen LogP contribution in [0.1, 0.15) is 12.8 Å². The Kier molecular flexibility index (Phi) is 5.24. The van der Waals surface area contributed by atoms with Gasteiger partial charge in [-0.2, -0.15) is 0 Å². The van der Waals surface area contributed by atoms with Gasteiger partial charge in [0.05, 0.1) is 11.8 Å². The van der Waals surface area contributed by atoms with Crippen LogP contribution in [-0.4, -0.2) is 52.3 Å². The van der Waals surface area contributed by atoms with Crippen LogP contribution in [0.3, 0.4) is 0 Å². The van der Waals surface area contributed by atoms with Gasteiger partial charge in [-0.05, 0) is 18.0 Å². The molecule has 0 saturated carbocycles. The Morgan fingerprint density at radius 2 is 1.58 bits per heavy atom. The van der Waals surface area contributed by atoms with Gasteiger partial charge >= 0.3 is 20.7 Å². The highest BCUT2D eigenvalue weighted by atomic mass is 28.4. The first-order chi connectivity index (χ1) is 8.91. The van der Waals surface area contributed by atoms with E-state index < -0.39 is 32.6 Å². The van der Waals surface area contributed by atoms with Gasteiger partial charge < -0.3 is 23.5 Å². The van der Waals surface area contributed by atoms with Crippen LogP contribution in [0.15, 0.2) is 11.3 Å². The number of hydrogen-bond donors (Lipinski definition) is 2. The van der Waals surface area contributed by atoms with E-state index in [9.17, 15) is 9.59 Å². The van der Waals surface area contributed by atoms with Crippen LogP contribution in [0.5, 0.6) is 0 Å². The van der Waals surface area contributed by atoms with Crippen LogP contribution in [-0.2, 0) is 22.9 Å². The topological polar surface area (TPSA) is 102 Å². The fourth-order valence-electron chi connectivity index (χ4n) is 2.32. The molecule has 8 heteroatoms. The first-order valence-corrected chi connectivity index (χ1v) is 7.44. The third-order valence-corrected chi connectivity index (χ3v) is 6.18. The molecule has 0 saturated heterocycles. The summed E-state index contributed by atoms with van der Waals surface area (Å²) in [5.41, 5.74) is 0. The molecule has 0 radical (unpaired) electrons. The van der Waals surface area contributed by atoms with Crippen LogP contribution in [0.4, 0.5) is 0 Å². The lowest BCUT2D eigenvalue weighted by Crippen LogP contribution is -2.48. The molecule has 108 valence electrons. The third kappa shape index (κ3) is 3.03. The molecule has 19 heavy (non-hydrogen) atoms. The summed E-state index contributed by atoms with van der Waals surface area (Å²) in [7, 11) is 1.23. The second kappa shape index (κ2) is 6.28. The number of allylic oxidation sites excluding steroid dienone is 2. The Bertz CT molecular complexity index is 380. The van der Waals surface area contributed by atoms with Crippen molar-refractivity contribution < 1.29 is 33.1 Å². The van der Waals surface area contributed by atoms with E-state index in [0.717, 1.165) is 0 Å².